The Bertz CT molecular complexity index is 184. The predicted octanol–water partition coefficient (Wildman–Crippen LogP) is 1.54. The molecule has 0 bridgehead atoms. The van der Waals surface area contributed by atoms with Crippen LogP contribution in [0.1, 0.15) is 39.5 Å². The van der Waals surface area contributed by atoms with Crippen LogP contribution >= 0.6 is 0 Å². The summed E-state index contributed by atoms with van der Waals surface area (Å²) in [6, 6.07) is 0. The van der Waals surface area contributed by atoms with E-state index in [9.17, 15) is 4.79 Å². The van der Waals surface area contributed by atoms with Crippen LogP contribution in [0.25, 0.3) is 0 Å². The smallest absolute Gasteiger partial charge is 0.223 e. The van der Waals surface area contributed by atoms with Gasteiger partial charge in [0, 0.05) is 12.5 Å². The Morgan fingerprint density at radius 1 is 1.33 bits per heavy atom. The maximum absolute atomic E-state index is 11.7. The molecule has 3 nitrogen and oxygen atoms in total. The monoisotopic (exact) mass is 212 g/mol. The lowest BCUT2D eigenvalue weighted by Gasteiger charge is -2.23. The molecule has 1 fully saturated rings. The highest BCUT2D eigenvalue weighted by Gasteiger charge is 2.17. The van der Waals surface area contributed by atoms with Gasteiger partial charge >= 0.3 is 0 Å². The van der Waals surface area contributed by atoms with E-state index in [0.717, 1.165) is 32.5 Å². The van der Waals surface area contributed by atoms with Gasteiger partial charge in [-0.25, -0.2) is 0 Å². The lowest BCUT2D eigenvalue weighted by molar-refractivity contribution is -0.125. The van der Waals surface area contributed by atoms with Crippen molar-refractivity contribution in [3.8, 4) is 0 Å². The third kappa shape index (κ3) is 4.20. The molecule has 1 rings (SSSR count). The average Bonchev–Trinajstić information content (AvgIpc) is 2.29. The van der Waals surface area contributed by atoms with Gasteiger partial charge in [0.25, 0.3) is 0 Å². The summed E-state index contributed by atoms with van der Waals surface area (Å²) >= 11 is 0. The molecule has 1 heterocycles. The lowest BCUT2D eigenvalue weighted by atomic mass is 9.97. The highest BCUT2D eigenvalue weighted by Crippen LogP contribution is 2.11. The van der Waals surface area contributed by atoms with Crippen LogP contribution in [0.15, 0.2) is 0 Å². The number of carbonyl (C=O) groups excluding carboxylic acids is 1. The van der Waals surface area contributed by atoms with E-state index in [2.05, 4.69) is 24.5 Å². The Labute approximate surface area is 93.0 Å². The van der Waals surface area contributed by atoms with E-state index in [1.807, 2.05) is 0 Å². The Hall–Kier alpha value is -0.570. The molecular weight excluding hydrogens is 188 g/mol. The Morgan fingerprint density at radius 2 is 1.93 bits per heavy atom. The molecule has 1 aliphatic rings. The number of hydrogen-bond donors (Lipinski definition) is 2. The van der Waals surface area contributed by atoms with E-state index in [-0.39, 0.29) is 11.8 Å². The summed E-state index contributed by atoms with van der Waals surface area (Å²) in [6.45, 7) is 7.24. The first-order valence-electron chi connectivity index (χ1n) is 6.26. The summed E-state index contributed by atoms with van der Waals surface area (Å²) in [5.74, 6) is 1.15. The molecule has 2 N–H and O–H groups in total. The van der Waals surface area contributed by atoms with E-state index in [1.165, 1.54) is 12.8 Å². The number of carbonyl (C=O) groups is 1. The summed E-state index contributed by atoms with van der Waals surface area (Å²) in [4.78, 5) is 11.7. The summed E-state index contributed by atoms with van der Waals surface area (Å²) in [6.07, 6.45) is 4.30. The molecule has 1 saturated heterocycles. The Kier molecular flexibility index (Phi) is 5.69. The largest absolute Gasteiger partial charge is 0.356 e. The fourth-order valence-corrected chi connectivity index (χ4v) is 2.13. The molecule has 88 valence electrons. The van der Waals surface area contributed by atoms with Gasteiger partial charge < -0.3 is 10.6 Å². The van der Waals surface area contributed by atoms with Crippen molar-refractivity contribution in [1.82, 2.24) is 10.6 Å². The standard InChI is InChI=1S/C12H24N2O/c1-3-11(4-2)12(15)14-9-10-5-7-13-8-6-10/h10-11,13H,3-9H2,1-2H3,(H,14,15). The molecule has 0 atom stereocenters. The van der Waals surface area contributed by atoms with Crippen LogP contribution in [0, 0.1) is 11.8 Å². The Balaban J connectivity index is 2.20. The van der Waals surface area contributed by atoms with Crippen molar-refractivity contribution >= 4 is 5.91 Å². The zero-order chi connectivity index (χ0) is 11.1. The number of nitrogens with one attached hydrogen (secondary N) is 2. The molecule has 1 aliphatic heterocycles. The molecule has 0 spiro atoms. The molecule has 3 heteroatoms. The van der Waals surface area contributed by atoms with Gasteiger partial charge in [0.15, 0.2) is 0 Å². The molecule has 0 aliphatic carbocycles. The summed E-state index contributed by atoms with van der Waals surface area (Å²) < 4.78 is 0. The molecule has 1 amide bonds. The Morgan fingerprint density at radius 3 is 2.47 bits per heavy atom. The fraction of sp³-hybridized carbons (Fsp3) is 0.917. The lowest BCUT2D eigenvalue weighted by Crippen LogP contribution is -2.38. The molecule has 0 radical (unpaired) electrons. The minimum Gasteiger partial charge on any atom is -0.356 e. The topological polar surface area (TPSA) is 41.1 Å². The van der Waals surface area contributed by atoms with Crippen LogP contribution < -0.4 is 10.6 Å². The molecule has 15 heavy (non-hydrogen) atoms. The summed E-state index contributed by atoms with van der Waals surface area (Å²) in [7, 11) is 0. The number of hydrogen-bond acceptors (Lipinski definition) is 2. The van der Waals surface area contributed by atoms with Crippen LogP contribution in [0.3, 0.4) is 0 Å². The van der Waals surface area contributed by atoms with Crippen LogP contribution in [0.4, 0.5) is 0 Å². The van der Waals surface area contributed by atoms with Crippen LogP contribution in [-0.2, 0) is 4.79 Å². The molecule has 0 unspecified atom stereocenters. The van der Waals surface area contributed by atoms with Gasteiger partial charge in [0.1, 0.15) is 0 Å². The summed E-state index contributed by atoms with van der Waals surface area (Å²) in [5.41, 5.74) is 0. The van der Waals surface area contributed by atoms with E-state index in [0.29, 0.717) is 5.92 Å². The van der Waals surface area contributed by atoms with Gasteiger partial charge in [-0.3, -0.25) is 4.79 Å². The van der Waals surface area contributed by atoms with Gasteiger partial charge in [0.05, 0.1) is 0 Å². The van der Waals surface area contributed by atoms with Crippen LogP contribution in [-0.4, -0.2) is 25.5 Å². The zero-order valence-corrected chi connectivity index (χ0v) is 10.0. The molecular formula is C12H24N2O. The van der Waals surface area contributed by atoms with Gasteiger partial charge in [-0.2, -0.15) is 0 Å². The maximum atomic E-state index is 11.7. The van der Waals surface area contributed by atoms with Crippen molar-refractivity contribution in [2.75, 3.05) is 19.6 Å². The van der Waals surface area contributed by atoms with Crippen molar-refractivity contribution < 1.29 is 4.79 Å². The third-order valence-electron chi connectivity index (χ3n) is 3.38. The summed E-state index contributed by atoms with van der Waals surface area (Å²) in [5, 5.41) is 6.42. The third-order valence-corrected chi connectivity index (χ3v) is 3.38. The number of rotatable bonds is 5. The second-order valence-corrected chi connectivity index (χ2v) is 4.45. The number of piperidine rings is 1. The van der Waals surface area contributed by atoms with Crippen molar-refractivity contribution in [1.29, 1.82) is 0 Å². The van der Waals surface area contributed by atoms with E-state index >= 15 is 0 Å². The maximum Gasteiger partial charge on any atom is 0.223 e. The van der Waals surface area contributed by atoms with Crippen molar-refractivity contribution in [3.05, 3.63) is 0 Å². The minimum absolute atomic E-state index is 0.215. The van der Waals surface area contributed by atoms with E-state index in [4.69, 9.17) is 0 Å². The van der Waals surface area contributed by atoms with E-state index < -0.39 is 0 Å². The first-order chi connectivity index (χ1) is 7.27. The SMILES string of the molecule is CCC(CC)C(=O)NCC1CCNCC1. The number of amides is 1. The quantitative estimate of drug-likeness (QED) is 0.726. The predicted molar refractivity (Wildman–Crippen MR) is 62.7 cm³/mol. The van der Waals surface area contributed by atoms with Crippen LogP contribution in [0.2, 0.25) is 0 Å². The molecule has 0 aromatic heterocycles. The molecule has 0 aromatic carbocycles. The second kappa shape index (κ2) is 6.83. The minimum atomic E-state index is 0.215. The molecule has 0 saturated carbocycles. The van der Waals surface area contributed by atoms with E-state index in [1.54, 1.807) is 0 Å². The highest BCUT2D eigenvalue weighted by molar-refractivity contribution is 5.78. The van der Waals surface area contributed by atoms with Crippen molar-refractivity contribution in [2.24, 2.45) is 11.8 Å². The zero-order valence-electron chi connectivity index (χ0n) is 10.0. The van der Waals surface area contributed by atoms with Gasteiger partial charge in [-0.05, 0) is 44.7 Å². The van der Waals surface area contributed by atoms with Gasteiger partial charge in [-0.15, -0.1) is 0 Å². The first kappa shape index (κ1) is 12.5. The highest BCUT2D eigenvalue weighted by atomic mass is 16.1. The van der Waals surface area contributed by atoms with Crippen molar-refractivity contribution in [2.45, 2.75) is 39.5 Å². The molecule has 0 aromatic rings. The van der Waals surface area contributed by atoms with Gasteiger partial charge in [-0.1, -0.05) is 13.8 Å². The first-order valence-corrected chi connectivity index (χ1v) is 6.26. The second-order valence-electron chi connectivity index (χ2n) is 4.45. The average molecular weight is 212 g/mol. The normalized spacial score (nSPS) is 18.1. The fourth-order valence-electron chi connectivity index (χ4n) is 2.13. The van der Waals surface area contributed by atoms with Crippen molar-refractivity contribution in [3.63, 3.8) is 0 Å². The van der Waals surface area contributed by atoms with Gasteiger partial charge in [0.2, 0.25) is 5.91 Å². The van der Waals surface area contributed by atoms with Crippen LogP contribution in [0.5, 0.6) is 0 Å².